The van der Waals surface area contributed by atoms with E-state index in [4.69, 9.17) is 14.2 Å². The van der Waals surface area contributed by atoms with Crippen molar-refractivity contribution in [3.63, 3.8) is 0 Å². The van der Waals surface area contributed by atoms with Gasteiger partial charge in [-0.25, -0.2) is 4.79 Å². The fourth-order valence-electron chi connectivity index (χ4n) is 1.57. The molecule has 1 aromatic rings. The van der Waals surface area contributed by atoms with E-state index in [1.54, 1.807) is 32.9 Å². The average molecular weight is 387 g/mol. The Morgan fingerprint density at radius 2 is 1.70 bits per heavy atom. The summed E-state index contributed by atoms with van der Waals surface area (Å²) in [5.74, 6) is -1.91. The first kappa shape index (κ1) is 19.2. The summed E-state index contributed by atoms with van der Waals surface area (Å²) >= 11 is 3.31. The smallest absolute Gasteiger partial charge is 0.378 e. The fraction of sp³-hybridized carbons (Fsp3) is 0.438. The number of halogens is 1. The van der Waals surface area contributed by atoms with E-state index in [0.29, 0.717) is 5.75 Å². The molecule has 0 N–H and O–H groups in total. The van der Waals surface area contributed by atoms with Crippen LogP contribution in [0.5, 0.6) is 5.75 Å². The molecule has 1 atom stereocenters. The summed E-state index contributed by atoms with van der Waals surface area (Å²) in [7, 11) is 0. The van der Waals surface area contributed by atoms with Gasteiger partial charge in [-0.3, -0.25) is 9.59 Å². The molecule has 1 rings (SSSR count). The lowest BCUT2D eigenvalue weighted by Crippen LogP contribution is -2.27. The van der Waals surface area contributed by atoms with Crippen LogP contribution in [-0.4, -0.2) is 36.5 Å². The highest BCUT2D eigenvalue weighted by molar-refractivity contribution is 9.10. The van der Waals surface area contributed by atoms with Crippen LogP contribution in [0.3, 0.4) is 0 Å². The first-order valence-electron chi connectivity index (χ1n) is 7.09. The molecule has 0 aliphatic carbocycles. The Labute approximate surface area is 143 Å². The zero-order chi connectivity index (χ0) is 17.4. The summed E-state index contributed by atoms with van der Waals surface area (Å²) in [4.78, 5) is 34.3. The molecule has 1 unspecified atom stereocenters. The molecule has 1 aromatic carbocycles. The molecule has 0 aromatic heterocycles. The molecule has 0 fully saturated rings. The Bertz CT molecular complexity index is 552. The lowest BCUT2D eigenvalue weighted by molar-refractivity contribution is -0.161. The molecule has 7 heteroatoms. The Hall–Kier alpha value is -1.89. The maximum Gasteiger partial charge on any atom is 0.378 e. The van der Waals surface area contributed by atoms with Crippen LogP contribution in [0.4, 0.5) is 0 Å². The number of esters is 2. The number of carbonyl (C=O) groups is 3. The zero-order valence-electron chi connectivity index (χ0n) is 13.2. The fourth-order valence-corrected chi connectivity index (χ4v) is 1.83. The third-order valence-electron chi connectivity index (χ3n) is 2.54. The summed E-state index contributed by atoms with van der Waals surface area (Å²) in [5, 5.41) is 0. The van der Waals surface area contributed by atoms with Gasteiger partial charge < -0.3 is 14.2 Å². The second-order valence-electron chi connectivity index (χ2n) is 5.12. The lowest BCUT2D eigenvalue weighted by Gasteiger charge is -2.14. The Morgan fingerprint density at radius 1 is 1.09 bits per heavy atom. The third-order valence-corrected chi connectivity index (χ3v) is 3.07. The van der Waals surface area contributed by atoms with Crippen LogP contribution in [0.2, 0.25) is 0 Å². The van der Waals surface area contributed by atoms with Crippen LogP contribution in [-0.2, 0) is 23.9 Å². The number of Topliss-reactive ketones (excluding diaryl/α,β-unsaturated/α-hetero) is 1. The van der Waals surface area contributed by atoms with Crippen LogP contribution < -0.4 is 4.74 Å². The van der Waals surface area contributed by atoms with Crippen molar-refractivity contribution < 1.29 is 28.6 Å². The molecule has 0 radical (unpaired) electrons. The lowest BCUT2D eigenvalue weighted by atomic mass is 10.3. The van der Waals surface area contributed by atoms with E-state index in [0.717, 1.165) is 4.47 Å². The van der Waals surface area contributed by atoms with Gasteiger partial charge in [0.25, 0.3) is 5.78 Å². The molecule has 0 spiro atoms. The molecule has 126 valence electrons. The highest BCUT2D eigenvalue weighted by Gasteiger charge is 2.20. The van der Waals surface area contributed by atoms with Gasteiger partial charge >= 0.3 is 11.9 Å². The number of ether oxygens (including phenoxy) is 3. The van der Waals surface area contributed by atoms with E-state index in [1.807, 2.05) is 12.1 Å². The van der Waals surface area contributed by atoms with E-state index in [-0.39, 0.29) is 6.42 Å². The van der Waals surface area contributed by atoms with Gasteiger partial charge in [0.05, 0.1) is 12.5 Å². The third kappa shape index (κ3) is 7.78. The van der Waals surface area contributed by atoms with E-state index < -0.39 is 36.5 Å². The average Bonchev–Trinajstić information content (AvgIpc) is 2.46. The van der Waals surface area contributed by atoms with Gasteiger partial charge in [0, 0.05) is 4.47 Å². The minimum atomic E-state index is -1.01. The summed E-state index contributed by atoms with van der Waals surface area (Å²) in [6, 6.07) is 7.16. The van der Waals surface area contributed by atoms with Crippen molar-refractivity contribution in [3.05, 3.63) is 28.7 Å². The highest BCUT2D eigenvalue weighted by Crippen LogP contribution is 2.18. The molecule has 0 bridgehead atoms. The van der Waals surface area contributed by atoms with Crippen molar-refractivity contribution in [2.45, 2.75) is 39.4 Å². The first-order chi connectivity index (χ1) is 10.8. The van der Waals surface area contributed by atoms with Crippen molar-refractivity contribution in [2.75, 3.05) is 6.61 Å². The van der Waals surface area contributed by atoms with Crippen molar-refractivity contribution in [1.29, 1.82) is 0 Å². The van der Waals surface area contributed by atoms with Crippen LogP contribution in [0, 0.1) is 0 Å². The number of carbonyl (C=O) groups excluding carboxylic acids is 3. The number of rotatable bonds is 8. The van der Waals surface area contributed by atoms with E-state index in [2.05, 4.69) is 15.9 Å². The summed E-state index contributed by atoms with van der Waals surface area (Å²) < 4.78 is 15.9. The quantitative estimate of drug-likeness (QED) is 0.504. The SMILES string of the molecule is CC(C)OC(=O)C(=O)COC(=O)CC(C)Oc1ccc(Br)cc1. The molecule has 23 heavy (non-hydrogen) atoms. The Kier molecular flexibility index (Phi) is 7.74. The van der Waals surface area contributed by atoms with Crippen molar-refractivity contribution >= 4 is 33.7 Å². The minimum absolute atomic E-state index is 0.0391. The Balaban J connectivity index is 2.34. The van der Waals surface area contributed by atoms with Crippen molar-refractivity contribution in [2.24, 2.45) is 0 Å². The monoisotopic (exact) mass is 386 g/mol. The standard InChI is InChI=1S/C16H19BrO6/c1-10(2)22-16(20)14(18)9-21-15(19)8-11(3)23-13-6-4-12(17)5-7-13/h4-7,10-11H,8-9H2,1-3H3. The van der Waals surface area contributed by atoms with Crippen molar-refractivity contribution in [1.82, 2.24) is 0 Å². The first-order valence-corrected chi connectivity index (χ1v) is 7.89. The van der Waals surface area contributed by atoms with Crippen LogP contribution in [0.15, 0.2) is 28.7 Å². The predicted octanol–water partition coefficient (Wildman–Crippen LogP) is 2.67. The largest absolute Gasteiger partial charge is 0.490 e. The van der Waals surface area contributed by atoms with E-state index in [9.17, 15) is 14.4 Å². The summed E-state index contributed by atoms with van der Waals surface area (Å²) in [6.45, 7) is 4.32. The normalized spacial score (nSPS) is 11.7. The molecule has 6 nitrogen and oxygen atoms in total. The molecule has 0 saturated carbocycles. The second-order valence-corrected chi connectivity index (χ2v) is 6.04. The molecule has 0 amide bonds. The topological polar surface area (TPSA) is 78.9 Å². The van der Waals surface area contributed by atoms with Crippen LogP contribution in [0.25, 0.3) is 0 Å². The molecule has 0 saturated heterocycles. The van der Waals surface area contributed by atoms with Gasteiger partial charge in [0.2, 0.25) is 0 Å². The zero-order valence-corrected chi connectivity index (χ0v) is 14.8. The molecule has 0 aliphatic heterocycles. The number of ketones is 1. The van der Waals surface area contributed by atoms with E-state index in [1.165, 1.54) is 0 Å². The number of benzene rings is 1. The number of hydrogen-bond donors (Lipinski definition) is 0. The van der Waals surface area contributed by atoms with Gasteiger partial charge in [0.15, 0.2) is 6.61 Å². The van der Waals surface area contributed by atoms with E-state index >= 15 is 0 Å². The van der Waals surface area contributed by atoms with Gasteiger partial charge in [-0.05, 0) is 45.0 Å². The summed E-state index contributed by atoms with van der Waals surface area (Å²) in [5.41, 5.74) is 0. The Morgan fingerprint density at radius 3 is 2.26 bits per heavy atom. The van der Waals surface area contributed by atoms with Gasteiger partial charge in [0.1, 0.15) is 11.9 Å². The molecular formula is C16H19BrO6. The van der Waals surface area contributed by atoms with Gasteiger partial charge in [-0.1, -0.05) is 15.9 Å². The van der Waals surface area contributed by atoms with Crippen molar-refractivity contribution in [3.8, 4) is 5.75 Å². The highest BCUT2D eigenvalue weighted by atomic mass is 79.9. The van der Waals surface area contributed by atoms with Gasteiger partial charge in [-0.15, -0.1) is 0 Å². The predicted molar refractivity (Wildman–Crippen MR) is 86.0 cm³/mol. The minimum Gasteiger partial charge on any atom is -0.490 e. The molecule has 0 aliphatic rings. The summed E-state index contributed by atoms with van der Waals surface area (Å²) in [6.07, 6.45) is -0.870. The second kappa shape index (κ2) is 9.29. The van der Waals surface area contributed by atoms with Crippen LogP contribution >= 0.6 is 15.9 Å². The van der Waals surface area contributed by atoms with Crippen LogP contribution in [0.1, 0.15) is 27.2 Å². The maximum atomic E-state index is 11.6. The molecule has 0 heterocycles. The maximum absolute atomic E-state index is 11.6. The number of hydrogen-bond acceptors (Lipinski definition) is 6. The van der Waals surface area contributed by atoms with Gasteiger partial charge in [-0.2, -0.15) is 0 Å². The molecular weight excluding hydrogens is 368 g/mol.